The van der Waals surface area contributed by atoms with E-state index in [1.165, 1.54) is 36.3 Å². The number of piperazine rings is 1. The van der Waals surface area contributed by atoms with Crippen LogP contribution in [0.5, 0.6) is 0 Å². The number of hydrogen-bond donors (Lipinski definition) is 0. The Labute approximate surface area is 254 Å². The Kier molecular flexibility index (Phi) is 7.45. The number of carbonyl (C=O) groups excluding carboxylic acids is 2. The van der Waals surface area contributed by atoms with Gasteiger partial charge >= 0.3 is 12.4 Å². The lowest BCUT2D eigenvalue weighted by Crippen LogP contribution is -2.54. The molecule has 0 spiro atoms. The molecule has 13 heteroatoms. The lowest BCUT2D eigenvalue weighted by atomic mass is 9.90. The van der Waals surface area contributed by atoms with Gasteiger partial charge in [-0.1, -0.05) is 6.07 Å². The molecule has 1 atom stereocenters. The molecule has 6 rings (SSSR count). The third-order valence-corrected chi connectivity index (χ3v) is 9.12. The van der Waals surface area contributed by atoms with Gasteiger partial charge in [0.2, 0.25) is 11.8 Å². The summed E-state index contributed by atoms with van der Waals surface area (Å²) in [6.07, 6.45) is -6.76. The zero-order valence-corrected chi connectivity index (χ0v) is 24.4. The summed E-state index contributed by atoms with van der Waals surface area (Å²) < 4.78 is 95.9. The molecule has 0 bridgehead atoms. The fraction of sp³-hybridized carbons (Fsp3) is 0.406. The standard InChI is InChI=1S/C32H29F7N4O2/c1-18-10-22(33)5-6-24(18)25-14-27(43-16-23-4-3-9-42(23)17-28(43)44)40-15-26(25)41(2)29(45)30(7-8-30)19-11-20(31(34,35)36)13-21(12-19)32(37,38)39/h5-6,10-15,23H,3-4,7-9,16-17H2,1-2H3/t23-/m1/s1. The van der Waals surface area contributed by atoms with Crippen LogP contribution in [0.15, 0.2) is 48.7 Å². The van der Waals surface area contributed by atoms with Gasteiger partial charge in [0.15, 0.2) is 0 Å². The van der Waals surface area contributed by atoms with E-state index in [-0.39, 0.29) is 48.7 Å². The predicted molar refractivity (Wildman–Crippen MR) is 152 cm³/mol. The number of rotatable bonds is 5. The quantitative estimate of drug-likeness (QED) is 0.292. The van der Waals surface area contributed by atoms with Crippen molar-refractivity contribution in [2.45, 2.75) is 56.4 Å². The van der Waals surface area contributed by atoms with Gasteiger partial charge in [-0.15, -0.1) is 0 Å². The minimum atomic E-state index is -5.06. The van der Waals surface area contributed by atoms with Gasteiger partial charge in [0.25, 0.3) is 0 Å². The van der Waals surface area contributed by atoms with Gasteiger partial charge in [-0.25, -0.2) is 9.37 Å². The van der Waals surface area contributed by atoms with E-state index in [2.05, 4.69) is 9.88 Å². The number of aryl methyl sites for hydroxylation is 1. The van der Waals surface area contributed by atoms with Crippen molar-refractivity contribution in [1.29, 1.82) is 0 Å². The molecular weight excluding hydrogens is 605 g/mol. The van der Waals surface area contributed by atoms with Crippen molar-refractivity contribution in [3.8, 4) is 11.1 Å². The molecule has 2 saturated heterocycles. The van der Waals surface area contributed by atoms with Crippen LogP contribution in [0.1, 0.15) is 47.9 Å². The topological polar surface area (TPSA) is 56.8 Å². The normalized spacial score (nSPS) is 19.9. The number of nitrogens with zero attached hydrogens (tertiary/aromatic N) is 4. The number of aromatic nitrogens is 1. The first-order valence-electron chi connectivity index (χ1n) is 14.5. The maximum absolute atomic E-state index is 14.1. The van der Waals surface area contributed by atoms with Crippen LogP contribution in [-0.2, 0) is 27.4 Å². The fourth-order valence-corrected chi connectivity index (χ4v) is 6.51. The Morgan fingerprint density at radius 3 is 2.24 bits per heavy atom. The smallest absolute Gasteiger partial charge is 0.313 e. The summed E-state index contributed by atoms with van der Waals surface area (Å²) in [5, 5.41) is 0. The van der Waals surface area contributed by atoms with Crippen molar-refractivity contribution in [2.24, 2.45) is 0 Å². The second-order valence-corrected chi connectivity index (χ2v) is 12.0. The first-order chi connectivity index (χ1) is 21.1. The van der Waals surface area contributed by atoms with Gasteiger partial charge in [-0.05, 0) is 92.2 Å². The summed E-state index contributed by atoms with van der Waals surface area (Å²) in [6.45, 7) is 3.15. The zero-order chi connectivity index (χ0) is 32.5. The lowest BCUT2D eigenvalue weighted by Gasteiger charge is -2.36. The highest BCUT2D eigenvalue weighted by Crippen LogP contribution is 2.52. The second-order valence-electron chi connectivity index (χ2n) is 12.0. The Bertz CT molecular complexity index is 1650. The minimum absolute atomic E-state index is 0.0402. The minimum Gasteiger partial charge on any atom is -0.313 e. The van der Waals surface area contributed by atoms with E-state index in [0.29, 0.717) is 41.2 Å². The zero-order valence-electron chi connectivity index (χ0n) is 24.4. The van der Waals surface area contributed by atoms with Crippen LogP contribution in [0.3, 0.4) is 0 Å². The van der Waals surface area contributed by atoms with Crippen LogP contribution >= 0.6 is 0 Å². The third-order valence-electron chi connectivity index (χ3n) is 9.12. The molecule has 0 unspecified atom stereocenters. The molecule has 45 heavy (non-hydrogen) atoms. The highest BCUT2D eigenvalue weighted by Gasteiger charge is 2.54. The molecule has 0 N–H and O–H groups in total. The molecule has 1 aliphatic carbocycles. The predicted octanol–water partition coefficient (Wildman–Crippen LogP) is 6.74. The monoisotopic (exact) mass is 634 g/mol. The Hall–Kier alpha value is -4.00. The van der Waals surface area contributed by atoms with Crippen LogP contribution < -0.4 is 9.80 Å². The van der Waals surface area contributed by atoms with E-state index in [9.17, 15) is 40.3 Å². The number of halogens is 7. The number of amides is 2. The molecule has 0 radical (unpaired) electrons. The van der Waals surface area contributed by atoms with E-state index < -0.39 is 40.6 Å². The molecule has 3 fully saturated rings. The van der Waals surface area contributed by atoms with Crippen molar-refractivity contribution >= 4 is 23.3 Å². The summed E-state index contributed by atoms with van der Waals surface area (Å²) in [5.41, 5.74) is -3.32. The highest BCUT2D eigenvalue weighted by molar-refractivity contribution is 6.06. The molecule has 3 aromatic rings. The molecule has 1 aromatic heterocycles. The number of likely N-dealkylation sites (N-methyl/N-ethyl adjacent to an activating group) is 1. The van der Waals surface area contributed by atoms with Crippen LogP contribution in [0.2, 0.25) is 0 Å². The fourth-order valence-electron chi connectivity index (χ4n) is 6.51. The summed E-state index contributed by atoms with van der Waals surface area (Å²) in [4.78, 5) is 36.5. The first-order valence-corrected chi connectivity index (χ1v) is 14.5. The van der Waals surface area contributed by atoms with Gasteiger partial charge in [0.1, 0.15) is 11.6 Å². The van der Waals surface area contributed by atoms with E-state index in [0.717, 1.165) is 19.4 Å². The number of pyridine rings is 1. The van der Waals surface area contributed by atoms with Crippen molar-refractivity contribution in [3.05, 3.63) is 76.7 Å². The molecule has 2 aliphatic heterocycles. The van der Waals surface area contributed by atoms with E-state index >= 15 is 0 Å². The average molecular weight is 635 g/mol. The molecule has 1 saturated carbocycles. The number of fused-ring (bicyclic) bond motifs is 1. The second kappa shape index (κ2) is 10.8. The first kappa shape index (κ1) is 31.0. The van der Waals surface area contributed by atoms with E-state index in [1.807, 2.05) is 0 Å². The Balaban J connectivity index is 1.42. The maximum atomic E-state index is 14.1. The van der Waals surface area contributed by atoms with Crippen LogP contribution in [-0.4, -0.2) is 54.4 Å². The van der Waals surface area contributed by atoms with E-state index in [1.54, 1.807) is 17.9 Å². The van der Waals surface area contributed by atoms with Gasteiger partial charge in [0, 0.05) is 25.2 Å². The van der Waals surface area contributed by atoms with Gasteiger partial charge in [0.05, 0.1) is 35.0 Å². The van der Waals surface area contributed by atoms with Crippen LogP contribution in [0.4, 0.5) is 42.2 Å². The highest BCUT2D eigenvalue weighted by atomic mass is 19.4. The van der Waals surface area contributed by atoms with Crippen LogP contribution in [0.25, 0.3) is 11.1 Å². The van der Waals surface area contributed by atoms with Crippen molar-refractivity contribution in [3.63, 3.8) is 0 Å². The average Bonchev–Trinajstić information content (AvgIpc) is 3.66. The lowest BCUT2D eigenvalue weighted by molar-refractivity contribution is -0.143. The van der Waals surface area contributed by atoms with Crippen molar-refractivity contribution < 1.29 is 40.3 Å². The molecule has 6 nitrogen and oxygen atoms in total. The summed E-state index contributed by atoms with van der Waals surface area (Å²) in [6, 6.07) is 7.09. The molecular formula is C32H29F7N4O2. The van der Waals surface area contributed by atoms with Crippen molar-refractivity contribution in [2.75, 3.05) is 36.5 Å². The van der Waals surface area contributed by atoms with E-state index in [4.69, 9.17) is 0 Å². The summed E-state index contributed by atoms with van der Waals surface area (Å²) in [5.74, 6) is -1.03. The number of benzene rings is 2. The number of hydrogen-bond acceptors (Lipinski definition) is 4. The molecule has 3 heterocycles. The maximum Gasteiger partial charge on any atom is 0.416 e. The largest absolute Gasteiger partial charge is 0.416 e. The molecule has 238 valence electrons. The van der Waals surface area contributed by atoms with Gasteiger partial charge < -0.3 is 4.90 Å². The molecule has 2 aromatic carbocycles. The van der Waals surface area contributed by atoms with Crippen molar-refractivity contribution in [1.82, 2.24) is 9.88 Å². The molecule has 3 aliphatic rings. The third kappa shape index (κ3) is 5.66. The SMILES string of the molecule is Cc1cc(F)ccc1-c1cc(N2C[C@H]3CCCN3CC2=O)ncc1N(C)C(=O)C1(c2cc(C(F)(F)F)cc(C(F)(F)F)c2)CC1. The Morgan fingerprint density at radius 2 is 1.64 bits per heavy atom. The molecule has 2 amide bonds. The number of anilines is 2. The number of alkyl halides is 6. The van der Waals surface area contributed by atoms with Crippen LogP contribution in [0, 0.1) is 12.7 Å². The summed E-state index contributed by atoms with van der Waals surface area (Å²) in [7, 11) is 1.38. The van der Waals surface area contributed by atoms with Gasteiger partial charge in [-0.3, -0.25) is 19.4 Å². The van der Waals surface area contributed by atoms with Gasteiger partial charge in [-0.2, -0.15) is 26.3 Å². The number of carbonyl (C=O) groups is 2. The Morgan fingerprint density at radius 1 is 0.978 bits per heavy atom. The summed E-state index contributed by atoms with van der Waals surface area (Å²) >= 11 is 0.